The quantitative estimate of drug-likeness (QED) is 0.269. The number of unbranched alkanes of at least 4 members (excludes halogenated alkanes) is 5. The molecule has 1 aromatic rings. The van der Waals surface area contributed by atoms with E-state index in [1.807, 2.05) is 30.3 Å². The Kier molecular flexibility index (Phi) is 9.59. The van der Waals surface area contributed by atoms with Gasteiger partial charge < -0.3 is 26.2 Å². The number of rotatable bonds is 14. The van der Waals surface area contributed by atoms with E-state index in [2.05, 4.69) is 10.6 Å². The number of hydrogen-bond donors (Lipinski definition) is 4. The van der Waals surface area contributed by atoms with Crippen molar-refractivity contribution in [3.8, 4) is 0 Å². The molecule has 160 valence electrons. The van der Waals surface area contributed by atoms with Gasteiger partial charge in [-0.25, -0.2) is 4.79 Å². The molecule has 1 heterocycles. The molecule has 0 radical (unpaired) electrons. The van der Waals surface area contributed by atoms with Gasteiger partial charge in [0.2, 0.25) is 5.91 Å². The molecule has 2 amide bonds. The lowest BCUT2D eigenvalue weighted by Gasteiger charge is -2.18. The van der Waals surface area contributed by atoms with Crippen LogP contribution in [0.2, 0.25) is 0 Å². The largest absolute Gasteiger partial charge is 0.479 e. The third-order valence-electron chi connectivity index (χ3n) is 4.84. The van der Waals surface area contributed by atoms with Crippen LogP contribution in [0.5, 0.6) is 0 Å². The number of carbonyl (C=O) groups excluding carboxylic acids is 2. The van der Waals surface area contributed by atoms with Crippen LogP contribution in [0, 0.1) is 0 Å². The Morgan fingerprint density at radius 1 is 1.00 bits per heavy atom. The van der Waals surface area contributed by atoms with Crippen LogP contribution in [0.25, 0.3) is 0 Å². The Morgan fingerprint density at radius 2 is 1.66 bits per heavy atom. The van der Waals surface area contributed by atoms with Gasteiger partial charge in [0.1, 0.15) is 6.04 Å². The third kappa shape index (κ3) is 8.21. The Morgan fingerprint density at radius 3 is 2.28 bits per heavy atom. The molecule has 29 heavy (non-hydrogen) atoms. The number of ether oxygens (including phenoxy) is 1. The molecule has 3 atom stereocenters. The summed E-state index contributed by atoms with van der Waals surface area (Å²) < 4.78 is 4.87. The highest BCUT2D eigenvalue weighted by Crippen LogP contribution is 2.22. The van der Waals surface area contributed by atoms with E-state index in [1.54, 1.807) is 0 Å². The molecule has 8 nitrogen and oxygen atoms in total. The van der Waals surface area contributed by atoms with E-state index in [4.69, 9.17) is 15.6 Å². The SMILES string of the molecule is NCCCCCCCCNC(=O)[C@H](Cc1ccccc1)NC(=O)[C@H]1O[C@@H]1C(=O)O. The lowest BCUT2D eigenvalue weighted by atomic mass is 10.0. The van der Waals surface area contributed by atoms with E-state index in [0.717, 1.165) is 50.6 Å². The minimum Gasteiger partial charge on any atom is -0.479 e. The molecule has 2 rings (SSSR count). The summed E-state index contributed by atoms with van der Waals surface area (Å²) >= 11 is 0. The van der Waals surface area contributed by atoms with Crippen molar-refractivity contribution < 1.29 is 24.2 Å². The van der Waals surface area contributed by atoms with Crippen LogP contribution in [0.3, 0.4) is 0 Å². The number of nitrogens with one attached hydrogen (secondary N) is 2. The summed E-state index contributed by atoms with van der Waals surface area (Å²) in [7, 11) is 0. The van der Waals surface area contributed by atoms with Crippen molar-refractivity contribution in [3.05, 3.63) is 35.9 Å². The molecule has 0 unspecified atom stereocenters. The van der Waals surface area contributed by atoms with Gasteiger partial charge in [0, 0.05) is 13.0 Å². The molecule has 1 fully saturated rings. The van der Waals surface area contributed by atoms with Crippen molar-refractivity contribution in [2.45, 2.75) is 63.2 Å². The first-order valence-electron chi connectivity index (χ1n) is 10.2. The maximum absolute atomic E-state index is 12.6. The number of nitrogens with two attached hydrogens (primary N) is 1. The molecule has 0 aliphatic carbocycles. The lowest BCUT2D eigenvalue weighted by molar-refractivity contribution is -0.138. The van der Waals surface area contributed by atoms with Crippen molar-refractivity contribution in [1.29, 1.82) is 0 Å². The van der Waals surface area contributed by atoms with Crippen molar-refractivity contribution >= 4 is 17.8 Å². The van der Waals surface area contributed by atoms with Crippen molar-refractivity contribution in [3.63, 3.8) is 0 Å². The van der Waals surface area contributed by atoms with E-state index >= 15 is 0 Å². The molecule has 1 aromatic carbocycles. The zero-order chi connectivity index (χ0) is 21.1. The molecular formula is C21H31N3O5. The van der Waals surface area contributed by atoms with E-state index in [0.29, 0.717) is 13.0 Å². The number of carboxylic acid groups (broad SMARTS) is 1. The summed E-state index contributed by atoms with van der Waals surface area (Å²) in [5, 5.41) is 14.4. The molecule has 1 aliphatic heterocycles. The second kappa shape index (κ2) is 12.2. The minimum absolute atomic E-state index is 0.280. The standard InChI is InChI=1S/C21H31N3O5/c22-12-8-3-1-2-4-9-13-23-19(25)16(14-15-10-6-5-7-11-15)24-20(26)17-18(29-17)21(27)28/h5-7,10-11,16-18H,1-4,8-9,12-14,22H2,(H,23,25)(H,24,26)(H,27,28)/t16-,17-,18-/m0/s1. The number of amides is 2. The number of carbonyl (C=O) groups is 3. The summed E-state index contributed by atoms with van der Waals surface area (Å²) in [5.74, 6) is -2.04. The zero-order valence-corrected chi connectivity index (χ0v) is 16.6. The summed E-state index contributed by atoms with van der Waals surface area (Å²) in [5.41, 5.74) is 6.37. The van der Waals surface area contributed by atoms with Crippen molar-refractivity contribution in [2.75, 3.05) is 13.1 Å². The van der Waals surface area contributed by atoms with Crippen LogP contribution >= 0.6 is 0 Å². The molecule has 0 aromatic heterocycles. The predicted octanol–water partition coefficient (Wildman–Crippen LogP) is 0.981. The Hall–Kier alpha value is -2.45. The van der Waals surface area contributed by atoms with Crippen LogP contribution in [-0.2, 0) is 25.5 Å². The van der Waals surface area contributed by atoms with Crippen LogP contribution in [0.4, 0.5) is 0 Å². The van der Waals surface area contributed by atoms with Gasteiger partial charge in [-0.15, -0.1) is 0 Å². The monoisotopic (exact) mass is 405 g/mol. The van der Waals surface area contributed by atoms with Gasteiger partial charge in [0.25, 0.3) is 5.91 Å². The lowest BCUT2D eigenvalue weighted by Crippen LogP contribution is -2.49. The summed E-state index contributed by atoms with van der Waals surface area (Å²) in [6.45, 7) is 1.26. The van der Waals surface area contributed by atoms with Crippen LogP contribution in [0.15, 0.2) is 30.3 Å². The minimum atomic E-state index is -1.18. The summed E-state index contributed by atoms with van der Waals surface area (Å²) in [6.07, 6.45) is 4.48. The Labute approximate surface area is 171 Å². The molecule has 1 saturated heterocycles. The van der Waals surface area contributed by atoms with E-state index in [1.165, 1.54) is 0 Å². The fourth-order valence-electron chi connectivity index (χ4n) is 3.12. The number of hydrogen-bond acceptors (Lipinski definition) is 5. The molecule has 0 spiro atoms. The van der Waals surface area contributed by atoms with E-state index in [9.17, 15) is 14.4 Å². The number of aliphatic carboxylic acids is 1. The fourth-order valence-corrected chi connectivity index (χ4v) is 3.12. The Bertz CT molecular complexity index is 668. The van der Waals surface area contributed by atoms with Crippen LogP contribution in [-0.4, -0.2) is 54.2 Å². The summed E-state index contributed by atoms with van der Waals surface area (Å²) in [4.78, 5) is 35.7. The molecule has 0 saturated carbocycles. The van der Waals surface area contributed by atoms with Gasteiger partial charge in [0.15, 0.2) is 12.2 Å². The van der Waals surface area contributed by atoms with E-state index in [-0.39, 0.29) is 5.91 Å². The van der Waals surface area contributed by atoms with Crippen molar-refractivity contribution in [1.82, 2.24) is 10.6 Å². The highest BCUT2D eigenvalue weighted by molar-refractivity contribution is 5.95. The average molecular weight is 405 g/mol. The first kappa shape index (κ1) is 22.8. The van der Waals surface area contributed by atoms with Crippen LogP contribution < -0.4 is 16.4 Å². The highest BCUT2D eigenvalue weighted by atomic mass is 16.6. The summed E-state index contributed by atoms with van der Waals surface area (Å²) in [6, 6.07) is 8.57. The highest BCUT2D eigenvalue weighted by Gasteiger charge is 2.51. The van der Waals surface area contributed by atoms with Gasteiger partial charge in [0.05, 0.1) is 0 Å². The second-order valence-electron chi connectivity index (χ2n) is 7.27. The number of epoxide rings is 1. The molecule has 0 bridgehead atoms. The van der Waals surface area contributed by atoms with E-state index < -0.39 is 30.1 Å². The maximum atomic E-state index is 12.6. The topological polar surface area (TPSA) is 134 Å². The van der Waals surface area contributed by atoms with Gasteiger partial charge in [-0.3, -0.25) is 9.59 Å². The Balaban J connectivity index is 1.80. The normalized spacial score (nSPS) is 18.7. The second-order valence-corrected chi connectivity index (χ2v) is 7.27. The average Bonchev–Trinajstić information content (AvgIpc) is 3.51. The van der Waals surface area contributed by atoms with Gasteiger partial charge >= 0.3 is 5.97 Å². The smallest absolute Gasteiger partial charge is 0.336 e. The van der Waals surface area contributed by atoms with Gasteiger partial charge in [-0.1, -0.05) is 56.0 Å². The van der Waals surface area contributed by atoms with Gasteiger partial charge in [-0.2, -0.15) is 0 Å². The number of carboxylic acids is 1. The first-order chi connectivity index (χ1) is 14.0. The molecule has 8 heteroatoms. The van der Waals surface area contributed by atoms with Crippen LogP contribution in [0.1, 0.15) is 44.1 Å². The van der Waals surface area contributed by atoms with Gasteiger partial charge in [-0.05, 0) is 24.9 Å². The number of benzene rings is 1. The maximum Gasteiger partial charge on any atom is 0.336 e. The molecule has 5 N–H and O–H groups in total. The third-order valence-corrected chi connectivity index (χ3v) is 4.84. The fraction of sp³-hybridized carbons (Fsp3) is 0.571. The zero-order valence-electron chi connectivity index (χ0n) is 16.6. The van der Waals surface area contributed by atoms with Crippen molar-refractivity contribution in [2.24, 2.45) is 5.73 Å². The molecule has 1 aliphatic rings. The molecular weight excluding hydrogens is 374 g/mol. The predicted molar refractivity (Wildman–Crippen MR) is 108 cm³/mol. The first-order valence-corrected chi connectivity index (χ1v) is 10.2.